The van der Waals surface area contributed by atoms with Crippen LogP contribution < -0.4 is 5.56 Å². The van der Waals surface area contributed by atoms with Gasteiger partial charge in [-0.05, 0) is 35.4 Å². The quantitative estimate of drug-likeness (QED) is 0.477. The summed E-state index contributed by atoms with van der Waals surface area (Å²) >= 11 is 0. The largest absolute Gasteiger partial charge is 0.334 e. The van der Waals surface area contributed by atoms with Crippen molar-refractivity contribution in [3.8, 4) is 11.1 Å². The van der Waals surface area contributed by atoms with Crippen LogP contribution in [0.5, 0.6) is 0 Å². The predicted molar refractivity (Wildman–Crippen MR) is 109 cm³/mol. The van der Waals surface area contributed by atoms with Gasteiger partial charge in [-0.15, -0.1) is 0 Å². The Morgan fingerprint density at radius 3 is 2.59 bits per heavy atom. The molecular weight excluding hydrogens is 369 g/mol. The van der Waals surface area contributed by atoms with Crippen LogP contribution in [0.25, 0.3) is 33.2 Å². The number of hydrogen-bond acceptors (Lipinski definition) is 4. The van der Waals surface area contributed by atoms with Crippen LogP contribution in [0.15, 0.2) is 72.2 Å². The Hall–Kier alpha value is -3.87. The molecule has 0 amide bonds. The molecule has 0 aliphatic carbocycles. The van der Waals surface area contributed by atoms with E-state index in [1.165, 1.54) is 16.8 Å². The van der Waals surface area contributed by atoms with Crippen LogP contribution in [-0.4, -0.2) is 24.1 Å². The molecule has 0 aliphatic heterocycles. The minimum absolute atomic E-state index is 0.108. The molecule has 3 heterocycles. The Bertz CT molecular complexity index is 1440. The zero-order valence-corrected chi connectivity index (χ0v) is 15.6. The molecule has 0 saturated carbocycles. The average molecular weight is 385 g/mol. The highest BCUT2D eigenvalue weighted by molar-refractivity contribution is 5.82. The van der Waals surface area contributed by atoms with E-state index in [1.807, 2.05) is 35.9 Å². The number of fused-ring (bicyclic) bond motifs is 2. The number of hydrogen-bond donors (Lipinski definition) is 0. The Balaban J connectivity index is 1.54. The fourth-order valence-electron chi connectivity index (χ4n) is 3.50. The van der Waals surface area contributed by atoms with E-state index in [1.54, 1.807) is 30.9 Å². The summed E-state index contributed by atoms with van der Waals surface area (Å²) < 4.78 is 18.3. The Kier molecular flexibility index (Phi) is 3.94. The summed E-state index contributed by atoms with van der Waals surface area (Å²) in [5.41, 5.74) is 4.89. The van der Waals surface area contributed by atoms with Crippen LogP contribution >= 0.6 is 0 Å². The summed E-state index contributed by atoms with van der Waals surface area (Å²) in [5.74, 6) is -0.367. The SMILES string of the molecule is Cn1cnc2ccc(-c3ccc(Cn4c(=O)cnc5ccncc54)c(F)c3)cc21. The fraction of sp³-hybridized carbons (Fsp3) is 0.0909. The summed E-state index contributed by atoms with van der Waals surface area (Å²) in [6.45, 7) is 0.108. The number of nitrogens with zero attached hydrogens (tertiary/aromatic N) is 5. The molecule has 5 aromatic rings. The lowest BCUT2D eigenvalue weighted by Crippen LogP contribution is -2.21. The second kappa shape index (κ2) is 6.63. The van der Waals surface area contributed by atoms with Crippen molar-refractivity contribution in [1.29, 1.82) is 0 Å². The number of halogens is 1. The maximum absolute atomic E-state index is 14.9. The van der Waals surface area contributed by atoms with Gasteiger partial charge in [-0.25, -0.2) is 14.4 Å². The monoisotopic (exact) mass is 385 g/mol. The third-order valence-corrected chi connectivity index (χ3v) is 5.09. The van der Waals surface area contributed by atoms with Crippen LogP contribution in [0, 0.1) is 5.82 Å². The Morgan fingerprint density at radius 2 is 1.72 bits per heavy atom. The first-order chi connectivity index (χ1) is 14.1. The molecule has 0 fully saturated rings. The number of pyridine rings is 1. The van der Waals surface area contributed by atoms with Crippen molar-refractivity contribution in [3.63, 3.8) is 0 Å². The zero-order chi connectivity index (χ0) is 20.0. The Morgan fingerprint density at radius 1 is 0.931 bits per heavy atom. The molecule has 0 atom stereocenters. The molecule has 0 bridgehead atoms. The summed E-state index contributed by atoms with van der Waals surface area (Å²) in [7, 11) is 1.93. The van der Waals surface area contributed by atoms with E-state index in [0.29, 0.717) is 16.6 Å². The average Bonchev–Trinajstić information content (AvgIpc) is 3.11. The Labute approximate surface area is 164 Å². The summed E-state index contributed by atoms with van der Waals surface area (Å²) in [6, 6.07) is 12.6. The second-order valence-electron chi connectivity index (χ2n) is 6.91. The highest BCUT2D eigenvalue weighted by Gasteiger charge is 2.11. The van der Waals surface area contributed by atoms with Gasteiger partial charge in [0.25, 0.3) is 5.56 Å². The van der Waals surface area contributed by atoms with Crippen LogP contribution in [0.3, 0.4) is 0 Å². The summed E-state index contributed by atoms with van der Waals surface area (Å²) in [5, 5.41) is 0. The number of rotatable bonds is 3. The number of aromatic nitrogens is 5. The number of imidazole rings is 1. The molecule has 0 radical (unpaired) electrons. The molecule has 6 nitrogen and oxygen atoms in total. The molecule has 2 aromatic carbocycles. The molecule has 29 heavy (non-hydrogen) atoms. The molecule has 0 spiro atoms. The van der Waals surface area contributed by atoms with E-state index < -0.39 is 0 Å². The van der Waals surface area contributed by atoms with Crippen molar-refractivity contribution in [3.05, 3.63) is 89.1 Å². The molecule has 0 saturated heterocycles. The molecule has 0 N–H and O–H groups in total. The maximum atomic E-state index is 14.9. The van der Waals surface area contributed by atoms with Gasteiger partial charge in [0, 0.05) is 18.8 Å². The lowest BCUT2D eigenvalue weighted by Gasteiger charge is -2.11. The van der Waals surface area contributed by atoms with Crippen LogP contribution in [0.4, 0.5) is 4.39 Å². The third kappa shape index (κ3) is 2.97. The molecular formula is C22H16FN5O. The minimum atomic E-state index is -0.367. The highest BCUT2D eigenvalue weighted by Crippen LogP contribution is 2.26. The topological polar surface area (TPSA) is 65.6 Å². The van der Waals surface area contributed by atoms with Gasteiger partial charge in [0.05, 0.1) is 47.3 Å². The third-order valence-electron chi connectivity index (χ3n) is 5.09. The lowest BCUT2D eigenvalue weighted by molar-refractivity contribution is 0.599. The van der Waals surface area contributed by atoms with E-state index in [9.17, 15) is 9.18 Å². The van der Waals surface area contributed by atoms with Gasteiger partial charge in [-0.3, -0.25) is 14.3 Å². The smallest absolute Gasteiger partial charge is 0.269 e. The van der Waals surface area contributed by atoms with E-state index in [4.69, 9.17) is 0 Å². The van der Waals surface area contributed by atoms with Crippen LogP contribution in [0.1, 0.15) is 5.56 Å². The zero-order valence-electron chi connectivity index (χ0n) is 15.6. The lowest BCUT2D eigenvalue weighted by atomic mass is 10.0. The standard InChI is InChI=1S/C22H16FN5O/c1-27-13-26-18-5-4-15(9-20(18)27)14-2-3-16(17(23)8-14)12-28-21-10-24-7-6-19(21)25-11-22(28)29/h2-11,13H,12H2,1H3. The highest BCUT2D eigenvalue weighted by atomic mass is 19.1. The van der Waals surface area contributed by atoms with E-state index in [-0.39, 0.29) is 17.9 Å². The van der Waals surface area contributed by atoms with Gasteiger partial charge in [-0.1, -0.05) is 18.2 Å². The predicted octanol–water partition coefficient (Wildman–Crippen LogP) is 3.53. The van der Waals surface area contributed by atoms with Gasteiger partial charge in [-0.2, -0.15) is 0 Å². The molecule has 142 valence electrons. The molecule has 0 aliphatic rings. The molecule has 5 rings (SSSR count). The normalized spacial score (nSPS) is 11.4. The van der Waals surface area contributed by atoms with Gasteiger partial charge < -0.3 is 4.57 Å². The number of benzene rings is 2. The first kappa shape index (κ1) is 17.2. The fourth-order valence-corrected chi connectivity index (χ4v) is 3.50. The second-order valence-corrected chi connectivity index (χ2v) is 6.91. The van der Waals surface area contributed by atoms with Crippen LogP contribution in [-0.2, 0) is 13.6 Å². The van der Waals surface area contributed by atoms with E-state index in [0.717, 1.165) is 22.2 Å². The minimum Gasteiger partial charge on any atom is -0.334 e. The summed E-state index contributed by atoms with van der Waals surface area (Å²) in [4.78, 5) is 24.8. The van der Waals surface area contributed by atoms with Crippen molar-refractivity contribution >= 4 is 22.1 Å². The first-order valence-corrected chi connectivity index (χ1v) is 9.09. The van der Waals surface area contributed by atoms with Gasteiger partial charge in [0.2, 0.25) is 0 Å². The maximum Gasteiger partial charge on any atom is 0.269 e. The first-order valence-electron chi connectivity index (χ1n) is 9.09. The van der Waals surface area contributed by atoms with Crippen molar-refractivity contribution in [1.82, 2.24) is 24.1 Å². The van der Waals surface area contributed by atoms with Crippen molar-refractivity contribution in [2.45, 2.75) is 6.54 Å². The number of aryl methyl sites for hydroxylation is 1. The molecule has 3 aromatic heterocycles. The molecule has 7 heteroatoms. The van der Waals surface area contributed by atoms with Crippen molar-refractivity contribution < 1.29 is 4.39 Å². The van der Waals surface area contributed by atoms with Gasteiger partial charge in [0.15, 0.2) is 0 Å². The van der Waals surface area contributed by atoms with Gasteiger partial charge in [0.1, 0.15) is 5.82 Å². The van der Waals surface area contributed by atoms with Crippen molar-refractivity contribution in [2.24, 2.45) is 7.05 Å². The van der Waals surface area contributed by atoms with Crippen LogP contribution in [0.2, 0.25) is 0 Å². The van der Waals surface area contributed by atoms with Gasteiger partial charge >= 0.3 is 0 Å². The van der Waals surface area contributed by atoms with E-state index in [2.05, 4.69) is 15.0 Å². The van der Waals surface area contributed by atoms with Crippen molar-refractivity contribution in [2.75, 3.05) is 0 Å². The molecule has 0 unspecified atom stereocenters. The van der Waals surface area contributed by atoms with E-state index >= 15 is 0 Å². The summed E-state index contributed by atoms with van der Waals surface area (Å²) in [6.07, 6.45) is 6.18.